The van der Waals surface area contributed by atoms with Crippen LogP contribution in [0.2, 0.25) is 0 Å². The quantitative estimate of drug-likeness (QED) is 0.801. The van der Waals surface area contributed by atoms with Gasteiger partial charge in [0.05, 0.1) is 0 Å². The maximum absolute atomic E-state index is 5.31. The summed E-state index contributed by atoms with van der Waals surface area (Å²) in [5.74, 6) is 2.63. The van der Waals surface area contributed by atoms with E-state index in [9.17, 15) is 0 Å². The molecule has 0 spiro atoms. The molecule has 0 unspecified atom stereocenters. The van der Waals surface area contributed by atoms with Crippen molar-refractivity contribution in [1.29, 1.82) is 0 Å². The lowest BCUT2D eigenvalue weighted by atomic mass is 9.75. The molecule has 0 bridgehead atoms. The molecule has 1 aromatic rings. The summed E-state index contributed by atoms with van der Waals surface area (Å²) in [4.78, 5) is 0. The maximum atomic E-state index is 5.31. The predicted octanol–water partition coefficient (Wildman–Crippen LogP) is 3.50. The van der Waals surface area contributed by atoms with Crippen molar-refractivity contribution in [2.24, 2.45) is 11.3 Å². The molecule has 16 heavy (non-hydrogen) atoms. The topological polar surface area (TPSA) is 33.6 Å². The molecular weight excluding hydrogens is 218 g/mol. The maximum Gasteiger partial charge on any atom is 0.195 e. The summed E-state index contributed by atoms with van der Waals surface area (Å²) in [7, 11) is 0. The van der Waals surface area contributed by atoms with Gasteiger partial charge in [-0.2, -0.15) is 5.10 Å². The van der Waals surface area contributed by atoms with Gasteiger partial charge in [0.2, 0.25) is 0 Å². The Morgan fingerprint density at radius 3 is 2.56 bits per heavy atom. The van der Waals surface area contributed by atoms with E-state index in [4.69, 9.17) is 12.2 Å². The highest BCUT2D eigenvalue weighted by Gasteiger charge is 2.31. The van der Waals surface area contributed by atoms with Crippen molar-refractivity contribution < 1.29 is 0 Å². The van der Waals surface area contributed by atoms with E-state index in [0.717, 1.165) is 23.1 Å². The molecule has 0 saturated heterocycles. The second kappa shape index (κ2) is 3.99. The highest BCUT2D eigenvalue weighted by atomic mass is 32.1. The van der Waals surface area contributed by atoms with Crippen LogP contribution in [0.25, 0.3) is 0 Å². The van der Waals surface area contributed by atoms with E-state index in [0.29, 0.717) is 5.92 Å². The Bertz CT molecular complexity index is 418. The zero-order chi connectivity index (χ0) is 11.9. The number of hydrogen-bond donors (Lipinski definition) is 1. The van der Waals surface area contributed by atoms with Crippen molar-refractivity contribution in [2.45, 2.75) is 53.0 Å². The van der Waals surface area contributed by atoms with Crippen molar-refractivity contribution in [3.63, 3.8) is 0 Å². The predicted molar refractivity (Wildman–Crippen MR) is 68.0 cm³/mol. The molecule has 0 aliphatic heterocycles. The highest BCUT2D eigenvalue weighted by molar-refractivity contribution is 7.71. The van der Waals surface area contributed by atoms with Gasteiger partial charge in [-0.25, -0.2) is 0 Å². The summed E-state index contributed by atoms with van der Waals surface area (Å²) in [5, 5.41) is 7.34. The van der Waals surface area contributed by atoms with E-state index < -0.39 is 0 Å². The standard InChI is InChI=1S/C12H21N3S/c1-8-5-9(6-8)10-13-14-11(16)15(10)7-12(2,3)4/h8-9H,5-7H2,1-4H3,(H,14,16). The van der Waals surface area contributed by atoms with E-state index in [1.165, 1.54) is 12.8 Å². The van der Waals surface area contributed by atoms with E-state index in [-0.39, 0.29) is 5.41 Å². The molecule has 0 amide bonds. The fourth-order valence-corrected chi connectivity index (χ4v) is 2.59. The van der Waals surface area contributed by atoms with Gasteiger partial charge in [0.1, 0.15) is 5.82 Å². The molecule has 1 N–H and O–H groups in total. The molecule has 0 radical (unpaired) electrons. The Morgan fingerprint density at radius 1 is 1.44 bits per heavy atom. The first kappa shape index (κ1) is 11.8. The second-order valence-corrected chi connectivity index (χ2v) is 6.69. The molecule has 1 aliphatic carbocycles. The summed E-state index contributed by atoms with van der Waals surface area (Å²) >= 11 is 5.31. The van der Waals surface area contributed by atoms with E-state index in [1.807, 2.05) is 0 Å². The van der Waals surface area contributed by atoms with Gasteiger partial charge in [0.15, 0.2) is 4.77 Å². The van der Waals surface area contributed by atoms with Crippen LogP contribution >= 0.6 is 12.2 Å². The zero-order valence-electron chi connectivity index (χ0n) is 10.6. The van der Waals surface area contributed by atoms with Crippen molar-refractivity contribution >= 4 is 12.2 Å². The average molecular weight is 239 g/mol. The molecule has 1 aromatic heterocycles. The zero-order valence-corrected chi connectivity index (χ0v) is 11.4. The number of nitrogens with one attached hydrogen (secondary N) is 1. The van der Waals surface area contributed by atoms with Crippen LogP contribution in [0.3, 0.4) is 0 Å². The lowest BCUT2D eigenvalue weighted by molar-refractivity contribution is 0.258. The number of nitrogens with zero attached hydrogens (tertiary/aromatic N) is 2. The molecule has 1 heterocycles. The van der Waals surface area contributed by atoms with Crippen LogP contribution in [0.4, 0.5) is 0 Å². The smallest absolute Gasteiger partial charge is 0.195 e. The van der Waals surface area contributed by atoms with E-state index >= 15 is 0 Å². The summed E-state index contributed by atoms with van der Waals surface area (Å²) in [6.07, 6.45) is 2.51. The Morgan fingerprint density at radius 2 is 2.06 bits per heavy atom. The number of hydrogen-bond acceptors (Lipinski definition) is 2. The third-order valence-electron chi connectivity index (χ3n) is 3.16. The first-order valence-electron chi connectivity index (χ1n) is 6.02. The molecule has 1 saturated carbocycles. The summed E-state index contributed by atoms with van der Waals surface area (Å²) < 4.78 is 2.95. The first-order valence-corrected chi connectivity index (χ1v) is 6.43. The third-order valence-corrected chi connectivity index (χ3v) is 3.47. The van der Waals surface area contributed by atoms with Crippen LogP contribution in [-0.2, 0) is 6.54 Å². The Balaban J connectivity index is 2.23. The van der Waals surface area contributed by atoms with E-state index in [2.05, 4.69) is 42.5 Å². The van der Waals surface area contributed by atoms with Crippen molar-refractivity contribution in [3.05, 3.63) is 10.6 Å². The highest BCUT2D eigenvalue weighted by Crippen LogP contribution is 2.40. The molecular formula is C12H21N3S. The van der Waals surface area contributed by atoms with Gasteiger partial charge < -0.3 is 4.57 Å². The third kappa shape index (κ3) is 2.37. The number of aromatic nitrogens is 3. The molecule has 1 fully saturated rings. The summed E-state index contributed by atoms with van der Waals surface area (Å²) in [5.41, 5.74) is 0.242. The normalized spacial score (nSPS) is 25.5. The van der Waals surface area contributed by atoms with Gasteiger partial charge in [-0.15, -0.1) is 0 Å². The lowest BCUT2D eigenvalue weighted by Crippen LogP contribution is -2.25. The lowest BCUT2D eigenvalue weighted by Gasteiger charge is -2.32. The van der Waals surface area contributed by atoms with Gasteiger partial charge in [0, 0.05) is 12.5 Å². The minimum Gasteiger partial charge on any atom is -0.303 e. The minimum absolute atomic E-state index is 0.242. The molecule has 1 aliphatic rings. The Hall–Kier alpha value is -0.640. The minimum atomic E-state index is 0.242. The number of H-pyrrole nitrogens is 1. The van der Waals surface area contributed by atoms with Crippen LogP contribution in [-0.4, -0.2) is 14.8 Å². The molecule has 3 nitrogen and oxygen atoms in total. The molecule has 90 valence electrons. The number of aromatic amines is 1. The fourth-order valence-electron chi connectivity index (χ4n) is 2.38. The molecule has 0 atom stereocenters. The molecule has 0 aromatic carbocycles. The van der Waals surface area contributed by atoms with Gasteiger partial charge >= 0.3 is 0 Å². The van der Waals surface area contributed by atoms with Crippen molar-refractivity contribution in [1.82, 2.24) is 14.8 Å². The molecule has 4 heteroatoms. The van der Waals surface area contributed by atoms with Crippen LogP contribution in [0.15, 0.2) is 0 Å². The van der Waals surface area contributed by atoms with Crippen LogP contribution in [0.1, 0.15) is 52.3 Å². The average Bonchev–Trinajstić information content (AvgIpc) is 2.41. The fraction of sp³-hybridized carbons (Fsp3) is 0.833. The Labute approximate surface area is 102 Å². The summed E-state index contributed by atoms with van der Waals surface area (Å²) in [6, 6.07) is 0. The first-order chi connectivity index (χ1) is 7.37. The van der Waals surface area contributed by atoms with Gasteiger partial charge in [0.25, 0.3) is 0 Å². The largest absolute Gasteiger partial charge is 0.303 e. The van der Waals surface area contributed by atoms with Gasteiger partial charge in [-0.3, -0.25) is 5.10 Å². The molecule has 2 rings (SSSR count). The summed E-state index contributed by atoms with van der Waals surface area (Å²) in [6.45, 7) is 9.94. The van der Waals surface area contributed by atoms with E-state index in [1.54, 1.807) is 0 Å². The Kier molecular flexibility index (Phi) is 2.95. The second-order valence-electron chi connectivity index (χ2n) is 6.31. The van der Waals surface area contributed by atoms with Crippen LogP contribution in [0.5, 0.6) is 0 Å². The van der Waals surface area contributed by atoms with Crippen LogP contribution in [0, 0.1) is 16.1 Å². The SMILES string of the molecule is CC1CC(c2n[nH]c(=S)n2CC(C)(C)C)C1. The van der Waals surface area contributed by atoms with Crippen molar-refractivity contribution in [3.8, 4) is 0 Å². The van der Waals surface area contributed by atoms with Gasteiger partial charge in [-0.1, -0.05) is 27.7 Å². The monoisotopic (exact) mass is 239 g/mol. The number of rotatable bonds is 2. The van der Waals surface area contributed by atoms with Crippen molar-refractivity contribution in [2.75, 3.05) is 0 Å². The van der Waals surface area contributed by atoms with Crippen LogP contribution < -0.4 is 0 Å². The van der Waals surface area contributed by atoms with Gasteiger partial charge in [-0.05, 0) is 36.4 Å².